The summed E-state index contributed by atoms with van der Waals surface area (Å²) in [5, 5.41) is 2.79. The fourth-order valence-electron chi connectivity index (χ4n) is 2.92. The molecule has 3 aromatic rings. The van der Waals surface area contributed by atoms with E-state index in [0.717, 1.165) is 11.1 Å². The molecule has 5 heteroatoms. The molecule has 3 rings (SSSR count). The van der Waals surface area contributed by atoms with E-state index in [-0.39, 0.29) is 5.91 Å². The van der Waals surface area contributed by atoms with Crippen molar-refractivity contribution >= 4 is 18.3 Å². The van der Waals surface area contributed by atoms with Gasteiger partial charge in [0.1, 0.15) is 6.04 Å². The number of rotatable bonds is 9. The second kappa shape index (κ2) is 10.0. The fourth-order valence-corrected chi connectivity index (χ4v) is 2.92. The van der Waals surface area contributed by atoms with Crippen molar-refractivity contribution < 1.29 is 9.59 Å². The van der Waals surface area contributed by atoms with Gasteiger partial charge in [0, 0.05) is 12.6 Å². The highest BCUT2D eigenvalue weighted by Crippen LogP contribution is 2.14. The lowest BCUT2D eigenvalue weighted by molar-refractivity contribution is -0.123. The van der Waals surface area contributed by atoms with Crippen LogP contribution in [0.1, 0.15) is 16.8 Å². The number of aromatic nitrogens is 2. The van der Waals surface area contributed by atoms with E-state index >= 15 is 0 Å². The second-order valence-corrected chi connectivity index (χ2v) is 6.51. The van der Waals surface area contributed by atoms with Crippen LogP contribution in [0.15, 0.2) is 79.3 Å². The summed E-state index contributed by atoms with van der Waals surface area (Å²) in [6.07, 6.45) is 9.81. The van der Waals surface area contributed by atoms with Gasteiger partial charge in [-0.25, -0.2) is 4.98 Å². The number of carbonyl (C=O) groups excluding carboxylic acids is 2. The van der Waals surface area contributed by atoms with E-state index in [9.17, 15) is 9.59 Å². The normalized spacial score (nSPS) is 13.1. The Morgan fingerprint density at radius 3 is 2.43 bits per heavy atom. The molecule has 0 saturated carbocycles. The first-order valence-corrected chi connectivity index (χ1v) is 9.17. The van der Waals surface area contributed by atoms with Gasteiger partial charge in [0.2, 0.25) is 12.2 Å². The Bertz CT molecular complexity index is 890. The van der Waals surface area contributed by atoms with Gasteiger partial charge in [-0.2, -0.15) is 0 Å². The number of amides is 1. The maximum atomic E-state index is 12.9. The Kier molecular flexibility index (Phi) is 6.90. The Morgan fingerprint density at radius 1 is 1.07 bits per heavy atom. The lowest BCUT2D eigenvalue weighted by atomic mass is 9.96. The maximum absolute atomic E-state index is 12.9. The van der Waals surface area contributed by atoms with E-state index < -0.39 is 12.0 Å². The van der Waals surface area contributed by atoms with E-state index in [0.29, 0.717) is 18.5 Å². The second-order valence-electron chi connectivity index (χ2n) is 6.51. The third-order valence-corrected chi connectivity index (χ3v) is 4.38. The van der Waals surface area contributed by atoms with Gasteiger partial charge in [0.05, 0.1) is 17.9 Å². The van der Waals surface area contributed by atoms with Gasteiger partial charge in [-0.15, -0.1) is 0 Å². The molecule has 2 atom stereocenters. The molecule has 1 heterocycles. The van der Waals surface area contributed by atoms with Crippen LogP contribution >= 0.6 is 0 Å². The van der Waals surface area contributed by atoms with Crippen LogP contribution in [-0.2, 0) is 22.4 Å². The van der Waals surface area contributed by atoms with E-state index in [1.807, 2.05) is 79.1 Å². The summed E-state index contributed by atoms with van der Waals surface area (Å²) >= 11 is 0. The predicted octanol–water partition coefficient (Wildman–Crippen LogP) is 3.12. The molecule has 0 aliphatic heterocycles. The molecular weight excluding hydrogens is 350 g/mol. The SMILES string of the molecule is O=[C][C@H](Cc1c[nH]cn1)NC(=O)C(C=Cc1ccccc1)Cc1ccccc1. The maximum Gasteiger partial charge on any atom is 0.227 e. The zero-order chi connectivity index (χ0) is 19.6. The molecule has 0 aliphatic carbocycles. The predicted molar refractivity (Wildman–Crippen MR) is 109 cm³/mol. The molecule has 28 heavy (non-hydrogen) atoms. The minimum absolute atomic E-state index is 0.208. The summed E-state index contributed by atoms with van der Waals surface area (Å²) < 4.78 is 0. The standard InChI is InChI=1S/C23H22N3O2/c27-16-22(14-21-15-24-17-25-21)26-23(28)20(13-19-9-5-2-6-10-19)12-11-18-7-3-1-4-8-18/h1-12,15,17,20,22H,13-14H2,(H,24,25)(H,26,28)/t20?,22-/m0/s1. The highest BCUT2D eigenvalue weighted by molar-refractivity contribution is 5.84. The highest BCUT2D eigenvalue weighted by atomic mass is 16.2. The van der Waals surface area contributed by atoms with Crippen molar-refractivity contribution in [1.82, 2.24) is 15.3 Å². The number of imidazole rings is 1. The number of benzene rings is 2. The summed E-state index contributed by atoms with van der Waals surface area (Å²) in [7, 11) is 0. The number of hydrogen-bond donors (Lipinski definition) is 2. The molecule has 2 aromatic carbocycles. The van der Waals surface area contributed by atoms with Gasteiger partial charge in [0.15, 0.2) is 0 Å². The summed E-state index contributed by atoms with van der Waals surface area (Å²) in [6.45, 7) is 0. The number of nitrogens with one attached hydrogen (secondary N) is 2. The van der Waals surface area contributed by atoms with Gasteiger partial charge in [0.25, 0.3) is 0 Å². The van der Waals surface area contributed by atoms with Crippen molar-refractivity contribution in [3.8, 4) is 0 Å². The van der Waals surface area contributed by atoms with Crippen LogP contribution in [0, 0.1) is 5.92 Å². The molecule has 1 aromatic heterocycles. The van der Waals surface area contributed by atoms with Crippen molar-refractivity contribution in [3.05, 3.63) is 96.1 Å². The molecule has 0 saturated heterocycles. The van der Waals surface area contributed by atoms with E-state index in [2.05, 4.69) is 15.3 Å². The van der Waals surface area contributed by atoms with Crippen molar-refractivity contribution in [2.75, 3.05) is 0 Å². The summed E-state index contributed by atoms with van der Waals surface area (Å²) in [5.41, 5.74) is 2.77. The summed E-state index contributed by atoms with van der Waals surface area (Å²) in [5.74, 6) is -0.613. The van der Waals surface area contributed by atoms with E-state index in [4.69, 9.17) is 0 Å². The largest absolute Gasteiger partial charge is 0.351 e. The minimum atomic E-state index is -0.737. The minimum Gasteiger partial charge on any atom is -0.351 e. The molecule has 0 aliphatic rings. The van der Waals surface area contributed by atoms with Crippen LogP contribution in [-0.4, -0.2) is 28.2 Å². The molecule has 141 valence electrons. The van der Waals surface area contributed by atoms with Crippen LogP contribution in [0.4, 0.5) is 0 Å². The monoisotopic (exact) mass is 372 g/mol. The Hall–Kier alpha value is -3.47. The molecule has 1 amide bonds. The number of carbonyl (C=O) groups is 1. The Labute approximate surface area is 164 Å². The average molecular weight is 372 g/mol. The van der Waals surface area contributed by atoms with Gasteiger partial charge >= 0.3 is 0 Å². The van der Waals surface area contributed by atoms with Gasteiger partial charge in [-0.05, 0) is 17.5 Å². The molecule has 0 bridgehead atoms. The first-order valence-electron chi connectivity index (χ1n) is 9.17. The van der Waals surface area contributed by atoms with Crippen molar-refractivity contribution in [2.45, 2.75) is 18.9 Å². The summed E-state index contributed by atoms with van der Waals surface area (Å²) in [6, 6.07) is 18.9. The zero-order valence-electron chi connectivity index (χ0n) is 15.4. The zero-order valence-corrected chi connectivity index (χ0v) is 15.4. The first-order chi connectivity index (χ1) is 13.7. The van der Waals surface area contributed by atoms with Gasteiger partial charge in [-0.3, -0.25) is 9.59 Å². The molecule has 5 nitrogen and oxygen atoms in total. The van der Waals surface area contributed by atoms with Crippen LogP contribution in [0.2, 0.25) is 0 Å². The number of aromatic amines is 1. The van der Waals surface area contributed by atoms with E-state index in [1.54, 1.807) is 12.5 Å². The van der Waals surface area contributed by atoms with Crippen molar-refractivity contribution in [2.24, 2.45) is 5.92 Å². The number of hydrogen-bond acceptors (Lipinski definition) is 3. The average Bonchev–Trinajstić information content (AvgIpc) is 3.25. The lowest BCUT2D eigenvalue weighted by Crippen LogP contribution is -2.41. The quantitative estimate of drug-likeness (QED) is 0.606. The molecule has 0 spiro atoms. The van der Waals surface area contributed by atoms with Crippen LogP contribution < -0.4 is 5.32 Å². The smallest absolute Gasteiger partial charge is 0.227 e. The van der Waals surface area contributed by atoms with Gasteiger partial charge < -0.3 is 10.3 Å². The third-order valence-electron chi connectivity index (χ3n) is 4.38. The number of H-pyrrole nitrogens is 1. The summed E-state index contributed by atoms with van der Waals surface area (Å²) in [4.78, 5) is 31.2. The molecule has 0 fully saturated rings. The van der Waals surface area contributed by atoms with Crippen LogP contribution in [0.5, 0.6) is 0 Å². The molecular formula is C23H22N3O2. The lowest BCUT2D eigenvalue weighted by Gasteiger charge is -2.17. The highest BCUT2D eigenvalue weighted by Gasteiger charge is 2.21. The van der Waals surface area contributed by atoms with Crippen molar-refractivity contribution in [3.63, 3.8) is 0 Å². The topological polar surface area (TPSA) is 74.8 Å². The van der Waals surface area contributed by atoms with Gasteiger partial charge in [-0.1, -0.05) is 72.8 Å². The third kappa shape index (κ3) is 5.77. The molecule has 1 radical (unpaired) electrons. The van der Waals surface area contributed by atoms with Crippen molar-refractivity contribution in [1.29, 1.82) is 0 Å². The van der Waals surface area contributed by atoms with Crippen LogP contribution in [0.3, 0.4) is 0 Å². The Balaban J connectivity index is 1.73. The first kappa shape index (κ1) is 19.3. The number of nitrogens with zero attached hydrogens (tertiary/aromatic N) is 1. The van der Waals surface area contributed by atoms with Crippen LogP contribution in [0.25, 0.3) is 6.08 Å². The molecule has 2 N–H and O–H groups in total. The fraction of sp³-hybridized carbons (Fsp3) is 0.174. The van der Waals surface area contributed by atoms with E-state index in [1.165, 1.54) is 0 Å². The Morgan fingerprint density at radius 2 is 1.79 bits per heavy atom. The molecule has 1 unspecified atom stereocenters.